The molecule has 1 amide bonds. The van der Waals surface area contributed by atoms with Gasteiger partial charge in [-0.25, -0.2) is 0 Å². The third-order valence-corrected chi connectivity index (χ3v) is 1.89. The summed E-state index contributed by atoms with van der Waals surface area (Å²) < 4.78 is 4.62. The molecule has 0 bridgehead atoms. The van der Waals surface area contributed by atoms with E-state index in [2.05, 4.69) is 21.3 Å². The number of hydrogen-bond donors (Lipinski definition) is 1. The van der Waals surface area contributed by atoms with Crippen LogP contribution in [0.25, 0.3) is 11.3 Å². The van der Waals surface area contributed by atoms with Gasteiger partial charge < -0.3 is 9.84 Å². The van der Waals surface area contributed by atoms with E-state index in [1.807, 2.05) is 24.3 Å². The second-order valence-electron chi connectivity index (χ2n) is 3.09. The molecular formula is C11H9N2O2. The van der Waals surface area contributed by atoms with E-state index in [4.69, 9.17) is 0 Å². The highest BCUT2D eigenvalue weighted by molar-refractivity contribution is 5.88. The fourth-order valence-electron chi connectivity index (χ4n) is 1.25. The van der Waals surface area contributed by atoms with Crippen LogP contribution < -0.4 is 5.32 Å². The SMILES string of the molecule is CC(=O)Nc1ccc(-c2c[c]on2)cc1. The second-order valence-corrected chi connectivity index (χ2v) is 3.09. The van der Waals surface area contributed by atoms with E-state index >= 15 is 0 Å². The van der Waals surface area contributed by atoms with E-state index < -0.39 is 0 Å². The monoisotopic (exact) mass is 201 g/mol. The largest absolute Gasteiger partial charge is 0.352 e. The number of rotatable bonds is 2. The van der Waals surface area contributed by atoms with Gasteiger partial charge in [-0.1, -0.05) is 17.3 Å². The number of nitrogens with zero attached hydrogens (tertiary/aromatic N) is 1. The molecule has 0 fully saturated rings. The fraction of sp³-hybridized carbons (Fsp3) is 0.0909. The Morgan fingerprint density at radius 2 is 2.13 bits per heavy atom. The number of benzene rings is 1. The van der Waals surface area contributed by atoms with Crippen LogP contribution in [0.1, 0.15) is 6.92 Å². The van der Waals surface area contributed by atoms with Gasteiger partial charge in [0.2, 0.25) is 12.2 Å². The molecule has 0 spiro atoms. The van der Waals surface area contributed by atoms with E-state index in [1.54, 1.807) is 6.07 Å². The average molecular weight is 201 g/mol. The minimum atomic E-state index is -0.0856. The zero-order chi connectivity index (χ0) is 10.7. The standard InChI is InChI=1S/C11H9N2O2/c1-8(14)12-10-4-2-9(3-5-10)11-6-7-15-13-11/h2-6H,1H3,(H,12,14). The number of amides is 1. The topological polar surface area (TPSA) is 55.1 Å². The first-order valence-electron chi connectivity index (χ1n) is 4.46. The van der Waals surface area contributed by atoms with Gasteiger partial charge in [0.15, 0.2) is 0 Å². The predicted molar refractivity (Wildman–Crippen MR) is 55.1 cm³/mol. The first kappa shape index (κ1) is 9.45. The molecule has 0 aliphatic heterocycles. The highest BCUT2D eigenvalue weighted by Crippen LogP contribution is 2.19. The average Bonchev–Trinajstić information content (AvgIpc) is 2.71. The van der Waals surface area contributed by atoms with Gasteiger partial charge in [-0.2, -0.15) is 0 Å². The van der Waals surface area contributed by atoms with Crippen molar-refractivity contribution in [2.45, 2.75) is 6.92 Å². The molecule has 0 atom stereocenters. The zero-order valence-corrected chi connectivity index (χ0v) is 8.15. The number of carbonyl (C=O) groups is 1. The van der Waals surface area contributed by atoms with Crippen molar-refractivity contribution in [3.8, 4) is 11.3 Å². The van der Waals surface area contributed by atoms with E-state index in [0.29, 0.717) is 0 Å². The number of carbonyl (C=O) groups excluding carboxylic acids is 1. The quantitative estimate of drug-likeness (QED) is 0.809. The molecule has 0 aliphatic rings. The summed E-state index contributed by atoms with van der Waals surface area (Å²) in [6.07, 6.45) is 2.52. The highest BCUT2D eigenvalue weighted by Gasteiger charge is 2.01. The Bertz CT molecular complexity index is 446. The van der Waals surface area contributed by atoms with Crippen molar-refractivity contribution in [3.63, 3.8) is 0 Å². The van der Waals surface area contributed by atoms with Crippen LogP contribution in [0, 0.1) is 6.26 Å². The maximum Gasteiger partial charge on any atom is 0.221 e. The van der Waals surface area contributed by atoms with E-state index in [-0.39, 0.29) is 5.91 Å². The minimum Gasteiger partial charge on any atom is -0.352 e. The molecule has 15 heavy (non-hydrogen) atoms. The molecule has 1 radical (unpaired) electrons. The molecule has 0 saturated carbocycles. The van der Waals surface area contributed by atoms with Gasteiger partial charge in [0.25, 0.3) is 0 Å². The summed E-state index contributed by atoms with van der Waals surface area (Å²) in [5.74, 6) is -0.0856. The zero-order valence-electron chi connectivity index (χ0n) is 8.15. The molecule has 2 aromatic rings. The van der Waals surface area contributed by atoms with Crippen molar-refractivity contribution < 1.29 is 9.32 Å². The number of anilines is 1. The van der Waals surface area contributed by atoms with Crippen LogP contribution in [0.3, 0.4) is 0 Å². The molecule has 0 unspecified atom stereocenters. The van der Waals surface area contributed by atoms with Crippen molar-refractivity contribution >= 4 is 11.6 Å². The van der Waals surface area contributed by atoms with Gasteiger partial charge in [-0.05, 0) is 12.1 Å². The predicted octanol–water partition coefficient (Wildman–Crippen LogP) is 2.10. The smallest absolute Gasteiger partial charge is 0.221 e. The molecule has 1 N–H and O–H groups in total. The Morgan fingerprint density at radius 3 is 2.67 bits per heavy atom. The van der Waals surface area contributed by atoms with Crippen molar-refractivity contribution in [1.29, 1.82) is 0 Å². The number of hydrogen-bond acceptors (Lipinski definition) is 3. The summed E-state index contributed by atoms with van der Waals surface area (Å²) in [6.45, 7) is 1.47. The summed E-state index contributed by atoms with van der Waals surface area (Å²) >= 11 is 0. The third kappa shape index (κ3) is 2.22. The van der Waals surface area contributed by atoms with Crippen LogP contribution in [-0.4, -0.2) is 11.1 Å². The van der Waals surface area contributed by atoms with Gasteiger partial charge in [0.1, 0.15) is 5.69 Å². The van der Waals surface area contributed by atoms with Crippen LogP contribution >= 0.6 is 0 Å². The second kappa shape index (κ2) is 3.96. The summed E-state index contributed by atoms with van der Waals surface area (Å²) in [5, 5.41) is 6.45. The summed E-state index contributed by atoms with van der Waals surface area (Å²) in [4.78, 5) is 10.8. The van der Waals surface area contributed by atoms with Gasteiger partial charge >= 0.3 is 0 Å². The number of aromatic nitrogens is 1. The Labute approximate surface area is 86.9 Å². The normalized spacial score (nSPS) is 9.93. The maximum absolute atomic E-state index is 10.8. The minimum absolute atomic E-state index is 0.0856. The Morgan fingerprint density at radius 1 is 1.40 bits per heavy atom. The van der Waals surface area contributed by atoms with Gasteiger partial charge in [-0.3, -0.25) is 4.79 Å². The summed E-state index contributed by atoms with van der Waals surface area (Å²) in [7, 11) is 0. The first-order valence-corrected chi connectivity index (χ1v) is 4.46. The first-order chi connectivity index (χ1) is 7.25. The van der Waals surface area contributed by atoms with E-state index in [1.165, 1.54) is 6.92 Å². The molecule has 1 aromatic carbocycles. The number of nitrogens with one attached hydrogen (secondary N) is 1. The molecule has 0 aliphatic carbocycles. The Kier molecular flexibility index (Phi) is 2.49. The molecule has 75 valence electrons. The van der Waals surface area contributed by atoms with Crippen molar-refractivity contribution in [2.24, 2.45) is 0 Å². The molecule has 1 heterocycles. The van der Waals surface area contributed by atoms with Gasteiger partial charge in [0.05, 0.1) is 0 Å². The molecule has 4 heteroatoms. The molecule has 0 saturated heterocycles. The molecule has 4 nitrogen and oxygen atoms in total. The van der Waals surface area contributed by atoms with Gasteiger partial charge in [0, 0.05) is 24.2 Å². The van der Waals surface area contributed by atoms with Crippen molar-refractivity contribution in [1.82, 2.24) is 5.16 Å². The van der Waals surface area contributed by atoms with Crippen LogP contribution in [-0.2, 0) is 4.79 Å². The Balaban J connectivity index is 2.21. The molecule has 2 rings (SSSR count). The fourth-order valence-corrected chi connectivity index (χ4v) is 1.25. The van der Waals surface area contributed by atoms with Crippen LogP contribution in [0.15, 0.2) is 34.9 Å². The highest BCUT2D eigenvalue weighted by atomic mass is 16.5. The van der Waals surface area contributed by atoms with Crippen molar-refractivity contribution in [3.05, 3.63) is 36.6 Å². The third-order valence-electron chi connectivity index (χ3n) is 1.89. The maximum atomic E-state index is 10.8. The lowest BCUT2D eigenvalue weighted by molar-refractivity contribution is -0.114. The summed E-state index contributed by atoms with van der Waals surface area (Å²) in [5.41, 5.74) is 2.41. The summed E-state index contributed by atoms with van der Waals surface area (Å²) in [6, 6.07) is 9.00. The Hall–Kier alpha value is -2.10. The molecule has 1 aromatic heterocycles. The molecular weight excluding hydrogens is 192 g/mol. The lowest BCUT2D eigenvalue weighted by atomic mass is 10.1. The van der Waals surface area contributed by atoms with E-state index in [9.17, 15) is 4.79 Å². The van der Waals surface area contributed by atoms with Crippen LogP contribution in [0.5, 0.6) is 0 Å². The van der Waals surface area contributed by atoms with E-state index in [0.717, 1.165) is 16.9 Å². The van der Waals surface area contributed by atoms with Crippen LogP contribution in [0.2, 0.25) is 0 Å². The lowest BCUT2D eigenvalue weighted by Crippen LogP contribution is -2.05. The lowest BCUT2D eigenvalue weighted by Gasteiger charge is -2.01. The van der Waals surface area contributed by atoms with Crippen LogP contribution in [0.4, 0.5) is 5.69 Å². The van der Waals surface area contributed by atoms with Crippen molar-refractivity contribution in [2.75, 3.05) is 5.32 Å². The van der Waals surface area contributed by atoms with Gasteiger partial charge in [-0.15, -0.1) is 0 Å².